The fourth-order valence-corrected chi connectivity index (χ4v) is 4.92. The number of rotatable bonds is 2. The minimum absolute atomic E-state index is 0.368. The third-order valence-electron chi connectivity index (χ3n) is 5.84. The Morgan fingerprint density at radius 3 is 2.45 bits per heavy atom. The topological polar surface area (TPSA) is 58.2 Å². The summed E-state index contributed by atoms with van der Waals surface area (Å²) in [5, 5.41) is 1.39. The molecule has 0 saturated carbocycles. The van der Waals surface area contributed by atoms with Gasteiger partial charge in [-0.1, -0.05) is 53.5 Å². The molecule has 0 spiro atoms. The third-order valence-corrected chi connectivity index (χ3v) is 6.39. The molecule has 1 atom stereocenters. The predicted octanol–water partition coefficient (Wildman–Crippen LogP) is 4.13. The van der Waals surface area contributed by atoms with E-state index in [1.165, 1.54) is 11.6 Å². The Bertz CT molecular complexity index is 1450. The minimum atomic E-state index is -0.421. The van der Waals surface area contributed by atoms with Crippen molar-refractivity contribution in [2.75, 3.05) is 6.61 Å². The summed E-state index contributed by atoms with van der Waals surface area (Å²) in [5.41, 5.74) is 2.88. The predicted molar refractivity (Wildman–Crippen MR) is 122 cm³/mol. The highest BCUT2D eigenvalue weighted by Crippen LogP contribution is 2.42. The lowest BCUT2D eigenvalue weighted by Crippen LogP contribution is -2.37. The molecule has 0 unspecified atom stereocenters. The summed E-state index contributed by atoms with van der Waals surface area (Å²) in [7, 11) is 3.16. The maximum absolute atomic E-state index is 13.4. The summed E-state index contributed by atoms with van der Waals surface area (Å²) in [4.78, 5) is 26.2. The molecule has 0 fully saturated rings. The van der Waals surface area contributed by atoms with Crippen LogP contribution in [0.4, 0.5) is 0 Å². The maximum atomic E-state index is 13.4. The molecule has 0 radical (unpaired) electrons. The van der Waals surface area contributed by atoms with Gasteiger partial charge in [0.15, 0.2) is 0 Å². The van der Waals surface area contributed by atoms with Crippen LogP contribution in [0.5, 0.6) is 0 Å². The zero-order valence-corrected chi connectivity index (χ0v) is 18.4. The van der Waals surface area contributed by atoms with Crippen molar-refractivity contribution < 1.29 is 4.74 Å². The Morgan fingerprint density at radius 2 is 1.74 bits per heavy atom. The lowest BCUT2D eigenvalue weighted by Gasteiger charge is -2.27. The first-order valence-electron chi connectivity index (χ1n) is 9.84. The van der Waals surface area contributed by atoms with Gasteiger partial charge < -0.3 is 9.30 Å². The number of halogens is 2. The molecule has 0 saturated heterocycles. The van der Waals surface area contributed by atoms with Gasteiger partial charge in [-0.15, -0.1) is 0 Å². The van der Waals surface area contributed by atoms with Crippen molar-refractivity contribution in [3.8, 4) is 11.3 Å². The summed E-state index contributed by atoms with van der Waals surface area (Å²) in [6, 6.07) is 15.0. The van der Waals surface area contributed by atoms with Gasteiger partial charge in [-0.05, 0) is 23.8 Å². The molecular formula is C23H19Cl2N3O3. The summed E-state index contributed by atoms with van der Waals surface area (Å²) in [6.45, 7) is 0.985. The van der Waals surface area contributed by atoms with Crippen molar-refractivity contribution >= 4 is 34.1 Å². The Kier molecular flexibility index (Phi) is 4.81. The first-order chi connectivity index (χ1) is 14.9. The summed E-state index contributed by atoms with van der Waals surface area (Å²) >= 11 is 12.7. The van der Waals surface area contributed by atoms with Crippen LogP contribution in [0.1, 0.15) is 17.4 Å². The molecule has 0 bridgehead atoms. The van der Waals surface area contributed by atoms with E-state index in [0.717, 1.165) is 15.8 Å². The Balaban J connectivity index is 1.98. The second-order valence-electron chi connectivity index (χ2n) is 7.60. The largest absolute Gasteiger partial charge is 0.365 e. The van der Waals surface area contributed by atoms with Crippen LogP contribution in [0.2, 0.25) is 10.0 Å². The molecule has 31 heavy (non-hydrogen) atoms. The van der Waals surface area contributed by atoms with Crippen LogP contribution in [0.25, 0.3) is 22.2 Å². The van der Waals surface area contributed by atoms with Gasteiger partial charge in [-0.25, -0.2) is 4.79 Å². The monoisotopic (exact) mass is 455 g/mol. The SMILES string of the molecule is Cn1c(=O)c2c(-c3ccc(Cl)cc3Cl)n3c(c2n(C)c1=O)[C@H](c1ccccc1)OCC3. The fourth-order valence-electron chi connectivity index (χ4n) is 4.42. The van der Waals surface area contributed by atoms with Crippen molar-refractivity contribution in [3.63, 3.8) is 0 Å². The van der Waals surface area contributed by atoms with E-state index in [9.17, 15) is 9.59 Å². The van der Waals surface area contributed by atoms with Gasteiger partial charge in [0.05, 0.1) is 33.9 Å². The Hall–Kier alpha value is -2.80. The van der Waals surface area contributed by atoms with Gasteiger partial charge in [-0.2, -0.15) is 0 Å². The first kappa shape index (κ1) is 20.1. The van der Waals surface area contributed by atoms with Crippen LogP contribution in [0.3, 0.4) is 0 Å². The van der Waals surface area contributed by atoms with E-state index in [1.54, 1.807) is 19.2 Å². The van der Waals surface area contributed by atoms with E-state index in [-0.39, 0.29) is 5.56 Å². The highest BCUT2D eigenvalue weighted by atomic mass is 35.5. The zero-order chi connectivity index (χ0) is 21.9. The van der Waals surface area contributed by atoms with Crippen LogP contribution in [-0.2, 0) is 25.4 Å². The molecule has 3 heterocycles. The molecule has 6 nitrogen and oxygen atoms in total. The van der Waals surface area contributed by atoms with E-state index in [2.05, 4.69) is 4.57 Å². The smallest absolute Gasteiger partial charge is 0.331 e. The van der Waals surface area contributed by atoms with Crippen LogP contribution < -0.4 is 11.2 Å². The number of hydrogen-bond donors (Lipinski definition) is 0. The summed E-state index contributed by atoms with van der Waals surface area (Å²) in [6.07, 6.45) is -0.421. The standard InChI is InChI=1S/C23H19Cl2N3O3/c1-26-19-17(22(29)27(2)23(26)30)18(15-9-8-14(24)12-16(15)25)28-10-11-31-21(20(19)28)13-6-4-3-5-7-13/h3-9,12,21H,10-11H2,1-2H3/t21-/m0/s1. The molecule has 5 rings (SSSR count). The number of benzene rings is 2. The number of fused-ring (bicyclic) bond motifs is 3. The molecule has 2 aromatic heterocycles. The van der Waals surface area contributed by atoms with Crippen molar-refractivity contribution in [1.29, 1.82) is 0 Å². The number of aromatic nitrogens is 3. The minimum Gasteiger partial charge on any atom is -0.365 e. The average molecular weight is 456 g/mol. The van der Waals surface area contributed by atoms with Crippen LogP contribution >= 0.6 is 23.2 Å². The van der Waals surface area contributed by atoms with Crippen LogP contribution in [0, 0.1) is 0 Å². The van der Waals surface area contributed by atoms with Gasteiger partial charge in [0.2, 0.25) is 0 Å². The number of nitrogens with zero attached hydrogens (tertiary/aromatic N) is 3. The fraction of sp³-hybridized carbons (Fsp3) is 0.217. The van der Waals surface area contributed by atoms with E-state index in [1.807, 2.05) is 36.4 Å². The molecule has 1 aliphatic heterocycles. The maximum Gasteiger partial charge on any atom is 0.331 e. The summed E-state index contributed by atoms with van der Waals surface area (Å²) in [5.74, 6) is 0. The van der Waals surface area contributed by atoms with Gasteiger partial charge in [-0.3, -0.25) is 13.9 Å². The quantitative estimate of drug-likeness (QED) is 0.456. The van der Waals surface area contributed by atoms with E-state index in [0.29, 0.717) is 45.4 Å². The van der Waals surface area contributed by atoms with Crippen molar-refractivity contribution in [1.82, 2.24) is 13.7 Å². The van der Waals surface area contributed by atoms with Gasteiger partial charge in [0, 0.05) is 31.2 Å². The first-order valence-corrected chi connectivity index (χ1v) is 10.6. The van der Waals surface area contributed by atoms with Crippen molar-refractivity contribution in [2.45, 2.75) is 12.6 Å². The number of ether oxygens (including phenoxy) is 1. The van der Waals surface area contributed by atoms with Crippen molar-refractivity contribution in [3.05, 3.63) is 90.7 Å². The molecule has 8 heteroatoms. The molecule has 0 amide bonds. The molecule has 0 N–H and O–H groups in total. The van der Waals surface area contributed by atoms with Gasteiger partial charge >= 0.3 is 5.69 Å². The second-order valence-corrected chi connectivity index (χ2v) is 8.44. The van der Waals surface area contributed by atoms with E-state index < -0.39 is 11.8 Å². The van der Waals surface area contributed by atoms with Crippen LogP contribution in [0.15, 0.2) is 58.1 Å². The molecular weight excluding hydrogens is 437 g/mol. The van der Waals surface area contributed by atoms with Gasteiger partial charge in [0.1, 0.15) is 6.10 Å². The Labute approximate surface area is 187 Å². The second kappa shape index (κ2) is 7.41. The number of aryl methyl sites for hydroxylation is 1. The summed E-state index contributed by atoms with van der Waals surface area (Å²) < 4.78 is 10.9. The molecule has 2 aromatic carbocycles. The lowest BCUT2D eigenvalue weighted by molar-refractivity contribution is 0.0478. The van der Waals surface area contributed by atoms with E-state index >= 15 is 0 Å². The lowest BCUT2D eigenvalue weighted by atomic mass is 10.0. The van der Waals surface area contributed by atoms with E-state index in [4.69, 9.17) is 27.9 Å². The molecule has 4 aromatic rings. The zero-order valence-electron chi connectivity index (χ0n) is 16.9. The molecule has 158 valence electrons. The highest BCUT2D eigenvalue weighted by Gasteiger charge is 2.33. The normalized spacial score (nSPS) is 15.9. The Morgan fingerprint density at radius 1 is 1.00 bits per heavy atom. The highest BCUT2D eigenvalue weighted by molar-refractivity contribution is 6.36. The molecule has 0 aliphatic carbocycles. The van der Waals surface area contributed by atoms with Crippen LogP contribution in [-0.4, -0.2) is 20.3 Å². The third kappa shape index (κ3) is 2.97. The van der Waals surface area contributed by atoms with Gasteiger partial charge in [0.25, 0.3) is 5.56 Å². The molecule has 1 aliphatic rings. The van der Waals surface area contributed by atoms with Crippen molar-refractivity contribution in [2.24, 2.45) is 14.1 Å². The number of hydrogen-bond acceptors (Lipinski definition) is 3. The average Bonchev–Trinajstić information content (AvgIpc) is 3.12.